The van der Waals surface area contributed by atoms with Crippen LogP contribution < -0.4 is 10.5 Å². The molecule has 9 heteroatoms. The Morgan fingerprint density at radius 1 is 1.00 bits per heavy atom. The van der Waals surface area contributed by atoms with E-state index >= 15 is 0 Å². The molecular formula is C26H33Cl2N5O2. The topological polar surface area (TPSA) is 77.9 Å². The van der Waals surface area contributed by atoms with Crippen LogP contribution in [0.1, 0.15) is 17.7 Å². The van der Waals surface area contributed by atoms with Crippen molar-refractivity contribution >= 4 is 36.1 Å². The molecule has 0 unspecified atom stereocenters. The zero-order chi connectivity index (χ0) is 23.0. The number of aromatic nitrogens is 3. The number of rotatable bonds is 11. The maximum absolute atomic E-state index is 6.29. The van der Waals surface area contributed by atoms with Gasteiger partial charge in [-0.15, -0.1) is 24.8 Å². The van der Waals surface area contributed by atoms with E-state index in [-0.39, 0.29) is 24.8 Å². The number of ether oxygens (including phenoxy) is 2. The van der Waals surface area contributed by atoms with Gasteiger partial charge in [-0.2, -0.15) is 5.10 Å². The van der Waals surface area contributed by atoms with Gasteiger partial charge in [-0.3, -0.25) is 0 Å². The summed E-state index contributed by atoms with van der Waals surface area (Å²) in [5.41, 5.74) is 11.4. The van der Waals surface area contributed by atoms with Crippen molar-refractivity contribution in [3.05, 3.63) is 78.2 Å². The number of likely N-dealkylation sites (N-methyl/N-ethyl adjacent to an activating group) is 1. The first kappa shape index (κ1) is 28.4. The molecule has 2 aromatic heterocycles. The lowest BCUT2D eigenvalue weighted by Gasteiger charge is -2.15. The fraction of sp³-hybridized carbons (Fsp3) is 0.308. The standard InChI is InChI=1S/C26H31N5O2.2ClH/c1-30(14-15-32-2)13-7-11-22-17-24(25-26(27)28-19-29-31(22)25)21-10-6-12-23(16-21)33-18-20-8-4-3-5-9-20;;/h3-6,8-10,12,16-17,19H,7,11,13-15,18H2,1-2H3,(H2,27,28,29);2*1H. The van der Waals surface area contributed by atoms with Crippen LogP contribution in [-0.2, 0) is 17.8 Å². The number of nitrogens with zero attached hydrogens (tertiary/aromatic N) is 4. The number of nitrogens with two attached hydrogens (primary N) is 1. The van der Waals surface area contributed by atoms with Gasteiger partial charge in [0.1, 0.15) is 24.2 Å². The number of methoxy groups -OCH3 is 1. The van der Waals surface area contributed by atoms with Crippen molar-refractivity contribution < 1.29 is 9.47 Å². The maximum atomic E-state index is 6.29. The summed E-state index contributed by atoms with van der Waals surface area (Å²) in [4.78, 5) is 6.51. The van der Waals surface area contributed by atoms with E-state index in [2.05, 4.69) is 46.3 Å². The molecule has 0 aliphatic heterocycles. The normalized spacial score (nSPS) is 10.7. The molecule has 0 amide bonds. The minimum absolute atomic E-state index is 0. The van der Waals surface area contributed by atoms with E-state index in [4.69, 9.17) is 15.2 Å². The van der Waals surface area contributed by atoms with Crippen LogP contribution in [0.15, 0.2) is 67.0 Å². The molecule has 0 bridgehead atoms. The number of anilines is 1. The first-order chi connectivity index (χ1) is 16.2. The highest BCUT2D eigenvalue weighted by Gasteiger charge is 2.16. The number of nitrogen functional groups attached to an aromatic ring is 1. The number of hydrogen-bond donors (Lipinski definition) is 1. The van der Waals surface area contributed by atoms with Crippen molar-refractivity contribution in [2.75, 3.05) is 39.6 Å². The molecule has 2 N–H and O–H groups in total. The molecule has 35 heavy (non-hydrogen) atoms. The fourth-order valence-electron chi connectivity index (χ4n) is 3.91. The van der Waals surface area contributed by atoms with E-state index in [0.717, 1.165) is 66.2 Å². The van der Waals surface area contributed by atoms with Crippen LogP contribution in [0.4, 0.5) is 5.82 Å². The second-order valence-electron chi connectivity index (χ2n) is 8.16. The van der Waals surface area contributed by atoms with E-state index in [0.29, 0.717) is 12.4 Å². The summed E-state index contributed by atoms with van der Waals surface area (Å²) in [6.07, 6.45) is 3.41. The summed E-state index contributed by atoms with van der Waals surface area (Å²) < 4.78 is 13.1. The lowest BCUT2D eigenvalue weighted by molar-refractivity contribution is 0.160. The molecule has 0 radical (unpaired) electrons. The highest BCUT2D eigenvalue weighted by Crippen LogP contribution is 2.32. The van der Waals surface area contributed by atoms with Gasteiger partial charge in [0.2, 0.25) is 0 Å². The molecule has 4 rings (SSSR count). The van der Waals surface area contributed by atoms with E-state index < -0.39 is 0 Å². The van der Waals surface area contributed by atoms with Gasteiger partial charge in [0.15, 0.2) is 5.82 Å². The zero-order valence-electron chi connectivity index (χ0n) is 20.1. The average molecular weight is 518 g/mol. The third kappa shape index (κ3) is 7.32. The molecule has 4 aromatic rings. The Kier molecular flexibility index (Phi) is 11.3. The van der Waals surface area contributed by atoms with E-state index in [1.165, 1.54) is 6.33 Å². The predicted octanol–water partition coefficient (Wildman–Crippen LogP) is 4.91. The number of hydrogen-bond acceptors (Lipinski definition) is 6. The highest BCUT2D eigenvalue weighted by molar-refractivity contribution is 5.88. The Morgan fingerprint density at radius 3 is 2.57 bits per heavy atom. The Bertz CT molecular complexity index is 1190. The minimum atomic E-state index is 0. The summed E-state index contributed by atoms with van der Waals surface area (Å²) in [6.45, 7) is 3.16. The van der Waals surface area contributed by atoms with Crippen molar-refractivity contribution in [2.24, 2.45) is 0 Å². The van der Waals surface area contributed by atoms with Crippen LogP contribution >= 0.6 is 24.8 Å². The van der Waals surface area contributed by atoms with Gasteiger partial charge in [0.25, 0.3) is 0 Å². The van der Waals surface area contributed by atoms with Crippen LogP contribution in [0.2, 0.25) is 0 Å². The molecule has 0 atom stereocenters. The highest BCUT2D eigenvalue weighted by atomic mass is 35.5. The van der Waals surface area contributed by atoms with Crippen LogP contribution in [0.3, 0.4) is 0 Å². The maximum Gasteiger partial charge on any atom is 0.151 e. The lowest BCUT2D eigenvalue weighted by atomic mass is 10.1. The molecule has 0 spiro atoms. The molecular weight excluding hydrogens is 485 g/mol. The quantitative estimate of drug-likeness (QED) is 0.304. The Labute approximate surface area is 219 Å². The van der Waals surface area contributed by atoms with Crippen LogP contribution in [0, 0.1) is 0 Å². The van der Waals surface area contributed by atoms with E-state index in [9.17, 15) is 0 Å². The largest absolute Gasteiger partial charge is 0.489 e. The molecule has 0 aliphatic carbocycles. The zero-order valence-corrected chi connectivity index (χ0v) is 21.7. The second kappa shape index (κ2) is 13.9. The van der Waals surface area contributed by atoms with Crippen molar-refractivity contribution in [1.82, 2.24) is 19.5 Å². The molecule has 2 heterocycles. The smallest absolute Gasteiger partial charge is 0.151 e. The summed E-state index contributed by atoms with van der Waals surface area (Å²) in [5.74, 6) is 1.28. The Hall–Kier alpha value is -2.84. The van der Waals surface area contributed by atoms with Gasteiger partial charge in [0.05, 0.1) is 6.61 Å². The van der Waals surface area contributed by atoms with Crippen molar-refractivity contribution in [3.8, 4) is 16.9 Å². The number of aryl methyl sites for hydroxylation is 1. The van der Waals surface area contributed by atoms with Gasteiger partial charge in [0, 0.05) is 24.9 Å². The van der Waals surface area contributed by atoms with Crippen LogP contribution in [0.25, 0.3) is 16.6 Å². The van der Waals surface area contributed by atoms with E-state index in [1.807, 2.05) is 40.9 Å². The fourth-order valence-corrected chi connectivity index (χ4v) is 3.91. The summed E-state index contributed by atoms with van der Waals surface area (Å²) in [6, 6.07) is 20.4. The monoisotopic (exact) mass is 517 g/mol. The molecule has 188 valence electrons. The summed E-state index contributed by atoms with van der Waals surface area (Å²) in [5, 5.41) is 4.49. The van der Waals surface area contributed by atoms with Crippen LogP contribution in [-0.4, -0.2) is 53.4 Å². The first-order valence-electron chi connectivity index (χ1n) is 11.2. The molecule has 2 aromatic carbocycles. The lowest BCUT2D eigenvalue weighted by Crippen LogP contribution is -2.24. The van der Waals surface area contributed by atoms with Crippen LogP contribution in [0.5, 0.6) is 5.75 Å². The number of fused-ring (bicyclic) bond motifs is 1. The van der Waals surface area contributed by atoms with Gasteiger partial charge >= 0.3 is 0 Å². The third-order valence-electron chi connectivity index (χ3n) is 5.70. The van der Waals surface area contributed by atoms with Crippen molar-refractivity contribution in [1.29, 1.82) is 0 Å². The molecule has 0 aliphatic rings. The predicted molar refractivity (Wildman–Crippen MR) is 146 cm³/mol. The third-order valence-corrected chi connectivity index (χ3v) is 5.70. The Balaban J connectivity index is 0.00000216. The molecule has 0 saturated heterocycles. The van der Waals surface area contributed by atoms with Crippen molar-refractivity contribution in [2.45, 2.75) is 19.4 Å². The van der Waals surface area contributed by atoms with Gasteiger partial charge in [-0.05, 0) is 55.8 Å². The first-order valence-corrected chi connectivity index (χ1v) is 11.2. The summed E-state index contributed by atoms with van der Waals surface area (Å²) >= 11 is 0. The minimum Gasteiger partial charge on any atom is -0.489 e. The van der Waals surface area contributed by atoms with E-state index in [1.54, 1.807) is 7.11 Å². The summed E-state index contributed by atoms with van der Waals surface area (Å²) in [7, 11) is 3.84. The van der Waals surface area contributed by atoms with Crippen molar-refractivity contribution in [3.63, 3.8) is 0 Å². The van der Waals surface area contributed by atoms with Gasteiger partial charge in [-0.1, -0.05) is 42.5 Å². The number of halogens is 2. The molecule has 0 fully saturated rings. The average Bonchev–Trinajstić information content (AvgIpc) is 3.22. The molecule has 0 saturated carbocycles. The van der Waals surface area contributed by atoms with Gasteiger partial charge < -0.3 is 20.1 Å². The Morgan fingerprint density at radius 2 is 1.80 bits per heavy atom. The molecule has 7 nitrogen and oxygen atoms in total. The SMILES string of the molecule is COCCN(C)CCCc1cc(-c2cccc(OCc3ccccc3)c2)c2c(N)ncnn12.Cl.Cl. The number of benzene rings is 2. The van der Waals surface area contributed by atoms with Gasteiger partial charge in [-0.25, -0.2) is 9.50 Å². The second-order valence-corrected chi connectivity index (χ2v) is 8.16.